The lowest BCUT2D eigenvalue weighted by Gasteiger charge is -2.19. The Bertz CT molecular complexity index is 2930. The summed E-state index contributed by atoms with van der Waals surface area (Å²) < 4.78 is 0. The molecule has 3 nitrogen and oxygen atoms in total. The molecule has 0 bridgehead atoms. The van der Waals surface area contributed by atoms with Gasteiger partial charge in [-0.1, -0.05) is 152 Å². The van der Waals surface area contributed by atoms with Crippen molar-refractivity contribution in [2.24, 2.45) is 0 Å². The second-order valence-electron chi connectivity index (χ2n) is 13.0. The van der Waals surface area contributed by atoms with Crippen LogP contribution in [0.15, 0.2) is 176 Å². The highest BCUT2D eigenvalue weighted by molar-refractivity contribution is 6.24. The Morgan fingerprint density at radius 2 is 0.745 bits per heavy atom. The van der Waals surface area contributed by atoms with E-state index in [9.17, 15) is 5.11 Å². The van der Waals surface area contributed by atoms with E-state index in [0.29, 0.717) is 11.3 Å². The van der Waals surface area contributed by atoms with Crippen LogP contribution in [0.4, 0.5) is 0 Å². The van der Waals surface area contributed by atoms with E-state index >= 15 is 0 Å². The SMILES string of the molecule is Oc1ccccc1-c1ccc2ccc3ccc(-c4ccc(-c5c6ccccc6c(-c6ccccc6)c6ccccc56)c5ccccc45)nc3c2n1. The summed E-state index contributed by atoms with van der Waals surface area (Å²) >= 11 is 0. The van der Waals surface area contributed by atoms with Crippen LogP contribution in [0.2, 0.25) is 0 Å². The number of para-hydroxylation sites is 1. The van der Waals surface area contributed by atoms with Crippen molar-refractivity contribution in [1.29, 1.82) is 0 Å². The van der Waals surface area contributed by atoms with Gasteiger partial charge in [0.2, 0.25) is 0 Å². The highest BCUT2D eigenvalue weighted by Gasteiger charge is 2.19. The normalized spacial score (nSPS) is 11.6. The number of aromatic nitrogens is 2. The molecular weight excluding hydrogens is 621 g/mol. The number of benzene rings is 8. The first-order chi connectivity index (χ1) is 25.2. The fraction of sp³-hybridized carbons (Fsp3) is 0. The molecule has 2 aromatic heterocycles. The molecule has 0 aliphatic rings. The second-order valence-corrected chi connectivity index (χ2v) is 13.0. The topological polar surface area (TPSA) is 46.0 Å². The van der Waals surface area contributed by atoms with Gasteiger partial charge in [0.15, 0.2) is 0 Å². The van der Waals surface area contributed by atoms with Gasteiger partial charge in [-0.2, -0.15) is 0 Å². The number of fused-ring (bicyclic) bond motifs is 6. The van der Waals surface area contributed by atoms with Crippen molar-refractivity contribution >= 4 is 54.1 Å². The van der Waals surface area contributed by atoms with E-state index in [0.717, 1.165) is 38.4 Å². The molecule has 10 rings (SSSR count). The maximum absolute atomic E-state index is 10.6. The fourth-order valence-corrected chi connectivity index (χ4v) is 7.83. The molecule has 0 atom stereocenters. The number of hydrogen-bond acceptors (Lipinski definition) is 3. The van der Waals surface area contributed by atoms with Crippen LogP contribution in [0.5, 0.6) is 5.75 Å². The van der Waals surface area contributed by atoms with Crippen LogP contribution in [0.3, 0.4) is 0 Å². The molecule has 0 aliphatic carbocycles. The van der Waals surface area contributed by atoms with Crippen molar-refractivity contribution < 1.29 is 5.11 Å². The van der Waals surface area contributed by atoms with Crippen LogP contribution in [0, 0.1) is 0 Å². The molecule has 0 saturated carbocycles. The second kappa shape index (κ2) is 11.6. The summed E-state index contributed by atoms with van der Waals surface area (Å²) in [7, 11) is 0. The molecule has 0 saturated heterocycles. The Hall–Kier alpha value is -6.84. The zero-order valence-corrected chi connectivity index (χ0v) is 27.6. The Morgan fingerprint density at radius 1 is 0.314 bits per heavy atom. The van der Waals surface area contributed by atoms with Gasteiger partial charge in [-0.15, -0.1) is 0 Å². The van der Waals surface area contributed by atoms with Crippen molar-refractivity contribution in [1.82, 2.24) is 9.97 Å². The number of pyridine rings is 2. The minimum Gasteiger partial charge on any atom is -0.507 e. The lowest BCUT2D eigenvalue weighted by Crippen LogP contribution is -1.94. The van der Waals surface area contributed by atoms with Crippen molar-refractivity contribution in [3.05, 3.63) is 176 Å². The highest BCUT2D eigenvalue weighted by Crippen LogP contribution is 2.46. The fourth-order valence-electron chi connectivity index (χ4n) is 7.83. The maximum Gasteiger partial charge on any atom is 0.124 e. The van der Waals surface area contributed by atoms with E-state index in [-0.39, 0.29) is 5.75 Å². The average molecular weight is 651 g/mol. The maximum atomic E-state index is 10.6. The highest BCUT2D eigenvalue weighted by atomic mass is 16.3. The minimum absolute atomic E-state index is 0.208. The van der Waals surface area contributed by atoms with Crippen molar-refractivity contribution in [3.8, 4) is 50.5 Å². The van der Waals surface area contributed by atoms with E-state index < -0.39 is 0 Å². The first-order valence-corrected chi connectivity index (χ1v) is 17.2. The number of rotatable bonds is 4. The van der Waals surface area contributed by atoms with Crippen LogP contribution in [0.1, 0.15) is 0 Å². The van der Waals surface area contributed by atoms with Gasteiger partial charge in [-0.3, -0.25) is 0 Å². The van der Waals surface area contributed by atoms with E-state index in [1.807, 2.05) is 24.3 Å². The number of phenolic OH excluding ortho intramolecular Hbond substituents is 1. The summed E-state index contributed by atoms with van der Waals surface area (Å²) in [6.07, 6.45) is 0. The quantitative estimate of drug-likeness (QED) is 0.152. The molecule has 1 N–H and O–H groups in total. The van der Waals surface area contributed by atoms with Gasteiger partial charge < -0.3 is 5.11 Å². The summed E-state index contributed by atoms with van der Waals surface area (Å²) in [5.41, 5.74) is 9.94. The molecule has 2 heterocycles. The molecular formula is C48H30N2O. The Kier molecular flexibility index (Phi) is 6.65. The molecule has 51 heavy (non-hydrogen) atoms. The first-order valence-electron chi connectivity index (χ1n) is 17.2. The van der Waals surface area contributed by atoms with Crippen LogP contribution >= 0.6 is 0 Å². The Labute approximate surface area is 294 Å². The number of hydrogen-bond donors (Lipinski definition) is 1. The van der Waals surface area contributed by atoms with E-state index in [2.05, 4.69) is 146 Å². The largest absolute Gasteiger partial charge is 0.507 e. The van der Waals surface area contributed by atoms with Crippen LogP contribution < -0.4 is 0 Å². The molecule has 0 radical (unpaired) electrons. The summed E-state index contributed by atoms with van der Waals surface area (Å²) in [4.78, 5) is 10.4. The smallest absolute Gasteiger partial charge is 0.124 e. The number of phenols is 1. The van der Waals surface area contributed by atoms with Gasteiger partial charge in [0.25, 0.3) is 0 Å². The van der Waals surface area contributed by atoms with Crippen LogP contribution in [0.25, 0.3) is 98.9 Å². The molecule has 10 aromatic rings. The Balaban J connectivity index is 1.21. The molecule has 0 amide bonds. The van der Waals surface area contributed by atoms with E-state index in [1.165, 1.54) is 49.2 Å². The van der Waals surface area contributed by atoms with Crippen molar-refractivity contribution in [2.45, 2.75) is 0 Å². The number of nitrogens with zero attached hydrogens (tertiary/aromatic N) is 2. The summed E-state index contributed by atoms with van der Waals surface area (Å²) in [6, 6.07) is 61.3. The first kappa shape index (κ1) is 29.1. The van der Waals surface area contributed by atoms with E-state index in [1.54, 1.807) is 6.07 Å². The standard InChI is InChI=1S/C48H30N2O/c51-44-21-11-10-20-41(44)43-29-25-32-23-22-31-24-28-42(49-47(31)48(32)50-43)35-26-27-40(34-15-5-4-14-33(34)35)46-38-18-8-6-16-36(38)45(30-12-2-1-3-13-30)37-17-7-9-19-39(37)46/h1-29,51H. The molecule has 3 heteroatoms. The van der Waals surface area contributed by atoms with Gasteiger partial charge in [0.1, 0.15) is 5.75 Å². The molecule has 8 aromatic carbocycles. The molecule has 0 spiro atoms. The lowest BCUT2D eigenvalue weighted by molar-refractivity contribution is 0.477. The predicted octanol–water partition coefficient (Wildman–Crippen LogP) is 12.6. The summed E-state index contributed by atoms with van der Waals surface area (Å²) in [5.74, 6) is 0.208. The summed E-state index contributed by atoms with van der Waals surface area (Å²) in [5, 5.41) is 19.9. The zero-order valence-electron chi connectivity index (χ0n) is 27.6. The van der Waals surface area contributed by atoms with Crippen LogP contribution in [-0.2, 0) is 0 Å². The van der Waals surface area contributed by atoms with Gasteiger partial charge in [-0.25, -0.2) is 9.97 Å². The third-order valence-electron chi connectivity index (χ3n) is 10.2. The molecule has 0 aliphatic heterocycles. The monoisotopic (exact) mass is 650 g/mol. The molecule has 0 fully saturated rings. The van der Waals surface area contributed by atoms with Crippen molar-refractivity contribution in [2.75, 3.05) is 0 Å². The van der Waals surface area contributed by atoms with Crippen molar-refractivity contribution in [3.63, 3.8) is 0 Å². The molecule has 238 valence electrons. The summed E-state index contributed by atoms with van der Waals surface area (Å²) in [6.45, 7) is 0. The minimum atomic E-state index is 0.208. The van der Waals surface area contributed by atoms with Gasteiger partial charge >= 0.3 is 0 Å². The van der Waals surface area contributed by atoms with E-state index in [4.69, 9.17) is 9.97 Å². The Morgan fingerprint density at radius 3 is 1.33 bits per heavy atom. The lowest BCUT2D eigenvalue weighted by atomic mass is 9.84. The average Bonchev–Trinajstić information content (AvgIpc) is 3.19. The third kappa shape index (κ3) is 4.67. The molecule has 0 unspecified atom stereocenters. The van der Waals surface area contributed by atoms with Gasteiger partial charge in [0, 0.05) is 21.9 Å². The third-order valence-corrected chi connectivity index (χ3v) is 10.2. The predicted molar refractivity (Wildman–Crippen MR) is 213 cm³/mol. The van der Waals surface area contributed by atoms with Gasteiger partial charge in [-0.05, 0) is 78.8 Å². The van der Waals surface area contributed by atoms with Crippen LogP contribution in [-0.4, -0.2) is 15.1 Å². The van der Waals surface area contributed by atoms with Gasteiger partial charge in [0.05, 0.1) is 22.4 Å². The zero-order chi connectivity index (χ0) is 33.9. The number of aromatic hydroxyl groups is 1.